The molecule has 0 spiro atoms. The van der Waals surface area contributed by atoms with Gasteiger partial charge in [0.05, 0.1) is 5.75 Å². The van der Waals surface area contributed by atoms with E-state index in [1.165, 1.54) is 0 Å². The van der Waals surface area contributed by atoms with Crippen molar-refractivity contribution in [1.29, 1.82) is 0 Å². The summed E-state index contributed by atoms with van der Waals surface area (Å²) in [7, 11) is -3.36. The van der Waals surface area contributed by atoms with Gasteiger partial charge in [0.25, 0.3) is 0 Å². The number of halogens is 1. The van der Waals surface area contributed by atoms with Gasteiger partial charge in [-0.3, -0.25) is 4.99 Å². The summed E-state index contributed by atoms with van der Waals surface area (Å²) in [6, 6.07) is 9.47. The van der Waals surface area contributed by atoms with Gasteiger partial charge in [-0.1, -0.05) is 30.3 Å². The van der Waals surface area contributed by atoms with Crippen LogP contribution in [-0.2, 0) is 26.0 Å². The maximum Gasteiger partial charge on any atom is 0.213 e. The topological polar surface area (TPSA) is 101 Å². The van der Waals surface area contributed by atoms with Crippen LogP contribution in [-0.4, -0.2) is 66.2 Å². The molecule has 1 aliphatic rings. The van der Waals surface area contributed by atoms with E-state index in [1.54, 1.807) is 0 Å². The molecule has 31 heavy (non-hydrogen) atoms. The van der Waals surface area contributed by atoms with Gasteiger partial charge in [0.15, 0.2) is 5.96 Å². The van der Waals surface area contributed by atoms with E-state index in [4.69, 9.17) is 9.47 Å². The van der Waals surface area contributed by atoms with Crippen molar-refractivity contribution in [3.05, 3.63) is 35.9 Å². The Kier molecular flexibility index (Phi) is 15.1. The van der Waals surface area contributed by atoms with E-state index in [-0.39, 0.29) is 36.3 Å². The van der Waals surface area contributed by atoms with E-state index >= 15 is 0 Å². The summed E-state index contributed by atoms with van der Waals surface area (Å²) in [4.78, 5) is 4.49. The molecule has 0 aromatic heterocycles. The fourth-order valence-corrected chi connectivity index (χ4v) is 3.93. The minimum absolute atomic E-state index is 0. The number of nitrogens with zero attached hydrogens (tertiary/aromatic N) is 1. The predicted molar refractivity (Wildman–Crippen MR) is 135 cm³/mol. The largest absolute Gasteiger partial charge is 0.381 e. The lowest BCUT2D eigenvalue weighted by Gasteiger charge is -2.21. The zero-order valence-corrected chi connectivity index (χ0v) is 21.5. The highest BCUT2D eigenvalue weighted by molar-refractivity contribution is 14.0. The van der Waals surface area contributed by atoms with E-state index in [1.807, 2.05) is 37.3 Å². The molecule has 178 valence electrons. The number of aliphatic imine (C=N–C) groups is 1. The smallest absolute Gasteiger partial charge is 0.213 e. The standard InChI is InChI=1S/C21H36N4O4S.HI/c1-2-22-21(23-11-6-13-29-18-20-9-14-28-15-10-20)24-12-16-30(26,27)25-17-19-7-4-3-5-8-19;/h3-5,7-8,20,25H,2,6,9-18H2,1H3,(H2,22,23,24);1H. The van der Waals surface area contributed by atoms with Gasteiger partial charge >= 0.3 is 0 Å². The van der Waals surface area contributed by atoms with Crippen LogP contribution in [0.3, 0.4) is 0 Å². The maximum atomic E-state index is 12.2. The normalized spacial score (nSPS) is 15.3. The summed E-state index contributed by atoms with van der Waals surface area (Å²) < 4.78 is 38.1. The number of guanidine groups is 1. The molecule has 0 unspecified atom stereocenters. The van der Waals surface area contributed by atoms with Crippen LogP contribution < -0.4 is 15.4 Å². The molecule has 0 atom stereocenters. The van der Waals surface area contributed by atoms with Crippen LogP contribution in [0.15, 0.2) is 35.3 Å². The highest BCUT2D eigenvalue weighted by Crippen LogP contribution is 2.14. The first-order valence-electron chi connectivity index (χ1n) is 10.8. The minimum Gasteiger partial charge on any atom is -0.381 e. The SMILES string of the molecule is CCNC(=NCCCOCC1CCOCC1)NCCS(=O)(=O)NCc1ccccc1.I. The molecular formula is C21H37IN4O4S. The van der Waals surface area contributed by atoms with Crippen molar-refractivity contribution in [3.63, 3.8) is 0 Å². The van der Waals surface area contributed by atoms with E-state index in [2.05, 4.69) is 20.3 Å². The molecule has 0 amide bonds. The number of rotatable bonds is 13. The molecule has 10 heteroatoms. The highest BCUT2D eigenvalue weighted by Gasteiger charge is 2.13. The lowest BCUT2D eigenvalue weighted by molar-refractivity contribution is 0.0205. The second-order valence-electron chi connectivity index (χ2n) is 7.30. The van der Waals surface area contributed by atoms with Crippen LogP contribution in [0.4, 0.5) is 0 Å². The number of ether oxygens (including phenoxy) is 2. The van der Waals surface area contributed by atoms with E-state index in [9.17, 15) is 8.42 Å². The molecule has 0 bridgehead atoms. The van der Waals surface area contributed by atoms with Gasteiger partial charge in [0, 0.05) is 52.6 Å². The van der Waals surface area contributed by atoms with Crippen molar-refractivity contribution in [1.82, 2.24) is 15.4 Å². The molecule has 1 saturated heterocycles. The number of nitrogens with one attached hydrogen (secondary N) is 3. The molecule has 1 heterocycles. The average Bonchev–Trinajstić information content (AvgIpc) is 2.76. The summed E-state index contributed by atoms with van der Waals surface area (Å²) in [5.74, 6) is 1.22. The van der Waals surface area contributed by atoms with Crippen molar-refractivity contribution < 1.29 is 17.9 Å². The Labute approximate surface area is 204 Å². The van der Waals surface area contributed by atoms with Gasteiger partial charge in [-0.25, -0.2) is 13.1 Å². The van der Waals surface area contributed by atoms with Gasteiger partial charge < -0.3 is 20.1 Å². The van der Waals surface area contributed by atoms with Gasteiger partial charge in [-0.05, 0) is 37.7 Å². The van der Waals surface area contributed by atoms with Crippen LogP contribution in [0, 0.1) is 5.92 Å². The number of benzene rings is 1. The first-order chi connectivity index (χ1) is 14.6. The first kappa shape index (κ1) is 28.1. The molecule has 1 aromatic rings. The van der Waals surface area contributed by atoms with Crippen molar-refractivity contribution in [2.45, 2.75) is 32.7 Å². The molecule has 1 aromatic carbocycles. The van der Waals surface area contributed by atoms with E-state index in [0.717, 1.165) is 44.6 Å². The second kappa shape index (κ2) is 16.7. The third-order valence-electron chi connectivity index (χ3n) is 4.76. The molecule has 0 saturated carbocycles. The Morgan fingerprint density at radius 2 is 1.94 bits per heavy atom. The zero-order chi connectivity index (χ0) is 21.5. The van der Waals surface area contributed by atoms with Gasteiger partial charge in [-0.2, -0.15) is 0 Å². The Bertz CT molecular complexity index is 713. The number of sulfonamides is 1. The summed E-state index contributed by atoms with van der Waals surface area (Å²) in [6.07, 6.45) is 2.99. The monoisotopic (exact) mass is 568 g/mol. The lowest BCUT2D eigenvalue weighted by atomic mass is 10.0. The fourth-order valence-electron chi connectivity index (χ4n) is 3.03. The third-order valence-corrected chi connectivity index (χ3v) is 6.08. The molecule has 8 nitrogen and oxygen atoms in total. The van der Waals surface area contributed by atoms with Crippen LogP contribution in [0.1, 0.15) is 31.7 Å². The van der Waals surface area contributed by atoms with Gasteiger partial charge in [0.2, 0.25) is 10.0 Å². The quantitative estimate of drug-likeness (QED) is 0.146. The Hall–Kier alpha value is -0.950. The van der Waals surface area contributed by atoms with E-state index in [0.29, 0.717) is 38.1 Å². The Balaban J connectivity index is 0.00000480. The summed E-state index contributed by atoms with van der Waals surface area (Å²) >= 11 is 0. The zero-order valence-electron chi connectivity index (χ0n) is 18.3. The third kappa shape index (κ3) is 13.3. The van der Waals surface area contributed by atoms with Gasteiger partial charge in [0.1, 0.15) is 0 Å². The minimum atomic E-state index is -3.36. The summed E-state index contributed by atoms with van der Waals surface area (Å²) in [5.41, 5.74) is 0.933. The lowest BCUT2D eigenvalue weighted by Crippen LogP contribution is -2.41. The van der Waals surface area contributed by atoms with E-state index < -0.39 is 10.0 Å². The first-order valence-corrected chi connectivity index (χ1v) is 12.4. The summed E-state index contributed by atoms with van der Waals surface area (Å²) in [5, 5.41) is 6.22. The molecule has 3 N–H and O–H groups in total. The van der Waals surface area contributed by atoms with Crippen molar-refractivity contribution in [3.8, 4) is 0 Å². The van der Waals surface area contributed by atoms with Crippen LogP contribution in [0.2, 0.25) is 0 Å². The molecule has 0 aliphatic carbocycles. The molecule has 2 rings (SSSR count). The Morgan fingerprint density at radius 1 is 1.19 bits per heavy atom. The highest BCUT2D eigenvalue weighted by atomic mass is 127. The second-order valence-corrected chi connectivity index (χ2v) is 9.22. The Morgan fingerprint density at radius 3 is 2.65 bits per heavy atom. The van der Waals surface area contributed by atoms with Crippen LogP contribution >= 0.6 is 24.0 Å². The average molecular weight is 569 g/mol. The van der Waals surface area contributed by atoms with Crippen molar-refractivity contribution >= 4 is 40.0 Å². The van der Waals surface area contributed by atoms with Crippen molar-refractivity contribution in [2.24, 2.45) is 10.9 Å². The number of hydrogen-bond acceptors (Lipinski definition) is 5. The fraction of sp³-hybridized carbons (Fsp3) is 0.667. The summed E-state index contributed by atoms with van der Waals surface area (Å²) in [6.45, 7) is 7.05. The molecular weight excluding hydrogens is 531 g/mol. The molecule has 1 fully saturated rings. The van der Waals surface area contributed by atoms with Crippen LogP contribution in [0.5, 0.6) is 0 Å². The predicted octanol–water partition coefficient (Wildman–Crippen LogP) is 2.11. The number of hydrogen-bond donors (Lipinski definition) is 3. The van der Waals surface area contributed by atoms with Crippen molar-refractivity contribution in [2.75, 3.05) is 51.8 Å². The molecule has 1 aliphatic heterocycles. The van der Waals surface area contributed by atoms with Gasteiger partial charge in [-0.15, -0.1) is 24.0 Å². The maximum absolute atomic E-state index is 12.2. The van der Waals surface area contributed by atoms with Crippen LogP contribution in [0.25, 0.3) is 0 Å². The molecule has 0 radical (unpaired) electrons.